The minimum Gasteiger partial charge on any atom is -0.494 e. The smallest absolute Gasteiger partial charge is 0.233 e. The van der Waals surface area contributed by atoms with Crippen molar-refractivity contribution in [3.63, 3.8) is 0 Å². The number of methoxy groups -OCH3 is 1. The van der Waals surface area contributed by atoms with E-state index in [4.69, 9.17) is 4.74 Å². The van der Waals surface area contributed by atoms with Gasteiger partial charge in [-0.2, -0.15) is 0 Å². The first-order valence-corrected chi connectivity index (χ1v) is 9.88. The number of amides is 1. The van der Waals surface area contributed by atoms with Gasteiger partial charge in [-0.1, -0.05) is 54.2 Å². The van der Waals surface area contributed by atoms with Crippen LogP contribution >= 0.6 is 11.8 Å². The predicted molar refractivity (Wildman–Crippen MR) is 112 cm³/mol. The van der Waals surface area contributed by atoms with Crippen molar-refractivity contribution < 1.29 is 13.9 Å². The van der Waals surface area contributed by atoms with Crippen LogP contribution in [0.25, 0.3) is 12.2 Å². The summed E-state index contributed by atoms with van der Waals surface area (Å²) in [7, 11) is 3.09. The number of aromatic amines is 1. The molecule has 1 aromatic heterocycles. The fourth-order valence-electron chi connectivity index (χ4n) is 2.54. The lowest BCUT2D eigenvalue weighted by molar-refractivity contribution is -0.127. The lowest BCUT2D eigenvalue weighted by Crippen LogP contribution is -2.27. The molecule has 1 N–H and O–H groups in total. The number of carbonyl (C=O) groups is 1. The Hall–Kier alpha value is -3.13. The zero-order valence-corrected chi connectivity index (χ0v) is 16.9. The summed E-state index contributed by atoms with van der Waals surface area (Å²) < 4.78 is 18.7. The number of rotatable bonds is 8. The van der Waals surface area contributed by atoms with E-state index in [1.54, 1.807) is 19.2 Å². The number of hydrogen-bond acceptors (Lipinski definition) is 5. The molecule has 3 rings (SSSR count). The van der Waals surface area contributed by atoms with Crippen molar-refractivity contribution in [1.29, 1.82) is 0 Å². The van der Waals surface area contributed by atoms with Crippen LogP contribution in [0, 0.1) is 5.82 Å². The van der Waals surface area contributed by atoms with Crippen LogP contribution in [-0.2, 0) is 11.3 Å². The van der Waals surface area contributed by atoms with Crippen LogP contribution in [0.4, 0.5) is 4.39 Å². The maximum Gasteiger partial charge on any atom is 0.233 e. The highest BCUT2D eigenvalue weighted by Gasteiger charge is 2.13. The van der Waals surface area contributed by atoms with Gasteiger partial charge < -0.3 is 9.64 Å². The Kier molecular flexibility index (Phi) is 7.02. The van der Waals surface area contributed by atoms with Gasteiger partial charge in [-0.3, -0.25) is 9.89 Å². The third-order valence-electron chi connectivity index (χ3n) is 4.10. The van der Waals surface area contributed by atoms with E-state index in [2.05, 4.69) is 15.2 Å². The minimum absolute atomic E-state index is 0.0996. The second kappa shape index (κ2) is 9.88. The van der Waals surface area contributed by atoms with Gasteiger partial charge in [-0.05, 0) is 29.3 Å². The average molecular weight is 412 g/mol. The fourth-order valence-corrected chi connectivity index (χ4v) is 3.29. The van der Waals surface area contributed by atoms with Gasteiger partial charge in [0.2, 0.25) is 11.1 Å². The Balaban J connectivity index is 1.50. The zero-order chi connectivity index (χ0) is 20.6. The molecule has 6 nitrogen and oxygen atoms in total. The van der Waals surface area contributed by atoms with Crippen molar-refractivity contribution in [3.05, 3.63) is 71.3 Å². The lowest BCUT2D eigenvalue weighted by Gasteiger charge is -2.17. The lowest BCUT2D eigenvalue weighted by atomic mass is 10.2. The number of thioether (sulfide) groups is 1. The topological polar surface area (TPSA) is 71.1 Å². The van der Waals surface area contributed by atoms with E-state index in [0.717, 1.165) is 5.56 Å². The summed E-state index contributed by atoms with van der Waals surface area (Å²) in [6, 6.07) is 14.5. The SMILES string of the molecule is COc1ccc(CN(C)C(=O)CSc2n[nH]c(/C=C/c3ccccc3)n2)cc1F. The summed E-state index contributed by atoms with van der Waals surface area (Å²) in [6.45, 7) is 0.305. The molecule has 2 aromatic carbocycles. The summed E-state index contributed by atoms with van der Waals surface area (Å²) in [5.74, 6) is 0.440. The highest BCUT2D eigenvalue weighted by Crippen LogP contribution is 2.19. The molecule has 0 saturated carbocycles. The fraction of sp³-hybridized carbons (Fsp3) is 0.190. The molecule has 0 spiro atoms. The molecule has 150 valence electrons. The molecule has 0 unspecified atom stereocenters. The van der Waals surface area contributed by atoms with Gasteiger partial charge in [0.25, 0.3) is 0 Å². The number of aromatic nitrogens is 3. The van der Waals surface area contributed by atoms with Crippen LogP contribution < -0.4 is 4.74 Å². The van der Waals surface area contributed by atoms with Crippen molar-refractivity contribution >= 4 is 29.8 Å². The quantitative estimate of drug-likeness (QED) is 0.569. The van der Waals surface area contributed by atoms with Crippen molar-refractivity contribution in [2.24, 2.45) is 0 Å². The molecule has 0 aliphatic heterocycles. The third kappa shape index (κ3) is 5.92. The zero-order valence-electron chi connectivity index (χ0n) is 16.1. The monoisotopic (exact) mass is 412 g/mol. The molecule has 0 aliphatic carbocycles. The molecule has 0 aliphatic rings. The molecular formula is C21H21FN4O2S. The third-order valence-corrected chi connectivity index (χ3v) is 4.93. The number of ether oxygens (including phenoxy) is 1. The first-order chi connectivity index (χ1) is 14.0. The van der Waals surface area contributed by atoms with Crippen LogP contribution in [0.3, 0.4) is 0 Å². The van der Waals surface area contributed by atoms with Crippen LogP contribution in [0.1, 0.15) is 17.0 Å². The first-order valence-electron chi connectivity index (χ1n) is 8.90. The van der Waals surface area contributed by atoms with Gasteiger partial charge in [0.15, 0.2) is 11.6 Å². The first kappa shape index (κ1) is 20.6. The van der Waals surface area contributed by atoms with Gasteiger partial charge in [0.05, 0.1) is 12.9 Å². The Morgan fingerprint density at radius 1 is 1.24 bits per heavy atom. The van der Waals surface area contributed by atoms with Crippen molar-refractivity contribution in [3.8, 4) is 5.75 Å². The standard InChI is InChI=1S/C21H21FN4O2S/c1-26(13-16-8-10-18(28-2)17(22)12-16)20(27)14-29-21-23-19(24-25-21)11-9-15-6-4-3-5-7-15/h3-12H,13-14H2,1-2H3,(H,23,24,25)/b11-9+. The molecule has 0 radical (unpaired) electrons. The van der Waals surface area contributed by atoms with E-state index in [9.17, 15) is 9.18 Å². The van der Waals surface area contributed by atoms with Crippen LogP contribution in [0.5, 0.6) is 5.75 Å². The highest BCUT2D eigenvalue weighted by atomic mass is 32.2. The number of nitrogens with zero attached hydrogens (tertiary/aromatic N) is 3. The molecule has 1 amide bonds. The van der Waals surface area contributed by atoms with E-state index in [-0.39, 0.29) is 17.4 Å². The van der Waals surface area contributed by atoms with E-state index in [0.29, 0.717) is 23.1 Å². The number of hydrogen-bond donors (Lipinski definition) is 1. The second-order valence-corrected chi connectivity index (χ2v) is 7.20. The minimum atomic E-state index is -0.447. The van der Waals surface area contributed by atoms with Crippen LogP contribution in [0.15, 0.2) is 53.7 Å². The molecule has 8 heteroatoms. The summed E-state index contributed by atoms with van der Waals surface area (Å²) in [5, 5.41) is 7.45. The van der Waals surface area contributed by atoms with E-state index in [1.807, 2.05) is 42.5 Å². The van der Waals surface area contributed by atoms with Gasteiger partial charge in [0.1, 0.15) is 5.82 Å². The highest BCUT2D eigenvalue weighted by molar-refractivity contribution is 7.99. The Labute approximate surface area is 172 Å². The number of carbonyl (C=O) groups excluding carboxylic acids is 1. The van der Waals surface area contributed by atoms with Gasteiger partial charge in [-0.15, -0.1) is 5.10 Å². The molecule has 29 heavy (non-hydrogen) atoms. The average Bonchev–Trinajstić information content (AvgIpc) is 3.19. The molecule has 0 fully saturated rings. The van der Waals surface area contributed by atoms with Crippen molar-refractivity contribution in [1.82, 2.24) is 20.1 Å². The molecule has 0 atom stereocenters. The van der Waals surface area contributed by atoms with Crippen LogP contribution in [0.2, 0.25) is 0 Å². The number of halogens is 1. The molecular weight excluding hydrogens is 391 g/mol. The second-order valence-electron chi connectivity index (χ2n) is 6.25. The van der Waals surface area contributed by atoms with E-state index >= 15 is 0 Å². The van der Waals surface area contributed by atoms with Crippen molar-refractivity contribution in [2.75, 3.05) is 19.9 Å². The number of benzene rings is 2. The number of H-pyrrole nitrogens is 1. The molecule has 0 saturated heterocycles. The van der Waals surface area contributed by atoms with E-state index < -0.39 is 5.82 Å². The van der Waals surface area contributed by atoms with Crippen molar-refractivity contribution in [2.45, 2.75) is 11.7 Å². The maximum absolute atomic E-state index is 13.8. The summed E-state index contributed by atoms with van der Waals surface area (Å²) in [4.78, 5) is 18.2. The van der Waals surface area contributed by atoms with Gasteiger partial charge in [-0.25, -0.2) is 9.37 Å². The summed E-state index contributed by atoms with van der Waals surface area (Å²) in [6.07, 6.45) is 3.76. The maximum atomic E-state index is 13.8. The Bertz CT molecular complexity index is 991. The predicted octanol–water partition coefficient (Wildman–Crippen LogP) is 3.87. The van der Waals surface area contributed by atoms with Gasteiger partial charge >= 0.3 is 0 Å². The molecule has 1 heterocycles. The Morgan fingerprint density at radius 2 is 2.03 bits per heavy atom. The summed E-state index contributed by atoms with van der Waals surface area (Å²) in [5.41, 5.74) is 1.75. The molecule has 3 aromatic rings. The van der Waals surface area contributed by atoms with E-state index in [1.165, 1.54) is 29.8 Å². The normalized spacial score (nSPS) is 11.0. The summed E-state index contributed by atoms with van der Waals surface area (Å²) >= 11 is 1.25. The van der Waals surface area contributed by atoms with Crippen LogP contribution in [-0.4, -0.2) is 45.9 Å². The van der Waals surface area contributed by atoms with Gasteiger partial charge in [0, 0.05) is 13.6 Å². The number of nitrogens with one attached hydrogen (secondary N) is 1. The Morgan fingerprint density at radius 3 is 2.76 bits per heavy atom. The molecule has 0 bridgehead atoms. The largest absolute Gasteiger partial charge is 0.494 e.